The average Bonchev–Trinajstić information content (AvgIpc) is 2.56. The van der Waals surface area contributed by atoms with Gasteiger partial charge in [0.15, 0.2) is 7.14 Å². The fourth-order valence-electron chi connectivity index (χ4n) is 2.69. The standard InChI is InChI=1S/C19H17OP/c1-16-10-8-9-15-19(16)21(20,17-11-4-2-5-12-17)18-13-6-3-7-14-18/h2-15,19H,1H2. The van der Waals surface area contributed by atoms with Crippen molar-refractivity contribution in [2.45, 2.75) is 5.66 Å². The van der Waals surface area contributed by atoms with Crippen LogP contribution < -0.4 is 10.6 Å². The van der Waals surface area contributed by atoms with E-state index in [1.807, 2.05) is 85.0 Å². The molecule has 21 heavy (non-hydrogen) atoms. The van der Waals surface area contributed by atoms with E-state index in [2.05, 4.69) is 6.58 Å². The predicted octanol–water partition coefficient (Wildman–Crippen LogP) is 4.05. The smallest absolute Gasteiger partial charge is 0.153 e. The van der Waals surface area contributed by atoms with Gasteiger partial charge in [-0.1, -0.05) is 91.5 Å². The van der Waals surface area contributed by atoms with Crippen molar-refractivity contribution in [1.29, 1.82) is 0 Å². The zero-order chi connectivity index (χ0) is 14.7. The molecule has 2 aromatic rings. The van der Waals surface area contributed by atoms with Gasteiger partial charge >= 0.3 is 0 Å². The Morgan fingerprint density at radius 3 is 1.81 bits per heavy atom. The molecule has 1 unspecified atom stereocenters. The molecule has 1 aliphatic carbocycles. The monoisotopic (exact) mass is 292 g/mol. The predicted molar refractivity (Wildman–Crippen MR) is 91.0 cm³/mol. The summed E-state index contributed by atoms with van der Waals surface area (Å²) in [6, 6.07) is 19.5. The summed E-state index contributed by atoms with van der Waals surface area (Å²) in [6.45, 7) is 4.10. The Balaban J connectivity index is 2.21. The quantitative estimate of drug-likeness (QED) is 0.780. The second-order valence-electron chi connectivity index (χ2n) is 5.09. The molecule has 0 fully saturated rings. The van der Waals surface area contributed by atoms with Crippen LogP contribution in [-0.2, 0) is 4.57 Å². The lowest BCUT2D eigenvalue weighted by molar-refractivity contribution is 0.585. The van der Waals surface area contributed by atoms with E-state index in [1.54, 1.807) is 0 Å². The number of benzene rings is 2. The van der Waals surface area contributed by atoms with Crippen LogP contribution in [0.4, 0.5) is 0 Å². The fourth-order valence-corrected chi connectivity index (χ4v) is 5.76. The Kier molecular flexibility index (Phi) is 3.77. The van der Waals surface area contributed by atoms with Gasteiger partial charge in [0.25, 0.3) is 0 Å². The Labute approximate surface area is 125 Å². The van der Waals surface area contributed by atoms with Gasteiger partial charge in [-0.25, -0.2) is 0 Å². The van der Waals surface area contributed by atoms with Crippen LogP contribution in [0.5, 0.6) is 0 Å². The molecule has 2 heteroatoms. The Morgan fingerprint density at radius 2 is 1.33 bits per heavy atom. The highest BCUT2D eigenvalue weighted by Crippen LogP contribution is 2.52. The van der Waals surface area contributed by atoms with Crippen molar-refractivity contribution in [3.05, 3.63) is 97.1 Å². The minimum absolute atomic E-state index is 0.174. The number of hydrogen-bond acceptors (Lipinski definition) is 1. The van der Waals surface area contributed by atoms with Gasteiger partial charge in [-0.3, -0.25) is 0 Å². The third-order valence-corrected chi connectivity index (χ3v) is 7.18. The molecule has 0 saturated carbocycles. The van der Waals surface area contributed by atoms with Crippen LogP contribution in [0.2, 0.25) is 0 Å². The van der Waals surface area contributed by atoms with Crippen LogP contribution in [0, 0.1) is 0 Å². The number of hydrogen-bond donors (Lipinski definition) is 0. The topological polar surface area (TPSA) is 17.1 Å². The summed E-state index contributed by atoms with van der Waals surface area (Å²) in [6.07, 6.45) is 7.85. The van der Waals surface area contributed by atoms with Crippen molar-refractivity contribution in [3.8, 4) is 0 Å². The third kappa shape index (κ3) is 2.46. The second-order valence-corrected chi connectivity index (χ2v) is 8.00. The maximum atomic E-state index is 14.0. The van der Waals surface area contributed by atoms with E-state index in [4.69, 9.17) is 0 Å². The van der Waals surface area contributed by atoms with Crippen LogP contribution in [0.1, 0.15) is 0 Å². The molecule has 1 atom stereocenters. The van der Waals surface area contributed by atoms with Crippen LogP contribution in [-0.4, -0.2) is 5.66 Å². The van der Waals surface area contributed by atoms with Gasteiger partial charge in [-0.05, 0) is 5.57 Å². The zero-order valence-electron chi connectivity index (χ0n) is 11.7. The van der Waals surface area contributed by atoms with Gasteiger partial charge in [0.2, 0.25) is 0 Å². The van der Waals surface area contributed by atoms with Gasteiger partial charge in [0.05, 0.1) is 5.66 Å². The highest BCUT2D eigenvalue weighted by molar-refractivity contribution is 7.79. The number of allylic oxidation sites excluding steroid dienone is 5. The Hall–Kier alpha value is -2.11. The molecule has 3 rings (SSSR count). The Bertz CT molecular complexity index is 698. The summed E-state index contributed by atoms with van der Waals surface area (Å²) in [5.41, 5.74) is 0.723. The molecule has 0 aliphatic heterocycles. The molecule has 0 bridgehead atoms. The van der Waals surface area contributed by atoms with Crippen molar-refractivity contribution in [1.82, 2.24) is 0 Å². The van der Waals surface area contributed by atoms with Crippen LogP contribution in [0.15, 0.2) is 97.1 Å². The molecule has 0 radical (unpaired) electrons. The van der Waals surface area contributed by atoms with E-state index in [9.17, 15) is 4.57 Å². The van der Waals surface area contributed by atoms with Crippen LogP contribution >= 0.6 is 7.14 Å². The summed E-state index contributed by atoms with van der Waals surface area (Å²) in [5, 5.41) is 1.75. The SMILES string of the molecule is C=C1C=CC=CC1P(=O)(c1ccccc1)c1ccccc1. The highest BCUT2D eigenvalue weighted by atomic mass is 31.2. The van der Waals surface area contributed by atoms with Crippen LogP contribution in [0.25, 0.3) is 0 Å². The normalized spacial score (nSPS) is 17.9. The second kappa shape index (κ2) is 5.71. The van der Waals surface area contributed by atoms with Crippen molar-refractivity contribution in [3.63, 3.8) is 0 Å². The summed E-state index contributed by atoms with van der Waals surface area (Å²) in [5.74, 6) is 0. The van der Waals surface area contributed by atoms with E-state index in [0.717, 1.165) is 16.2 Å². The van der Waals surface area contributed by atoms with Crippen LogP contribution in [0.3, 0.4) is 0 Å². The van der Waals surface area contributed by atoms with Crippen molar-refractivity contribution in [2.75, 3.05) is 0 Å². The molecule has 1 nitrogen and oxygen atoms in total. The molecule has 2 aromatic carbocycles. The first-order valence-corrected chi connectivity index (χ1v) is 8.75. The molecule has 0 heterocycles. The third-order valence-electron chi connectivity index (χ3n) is 3.77. The maximum Gasteiger partial charge on any atom is 0.153 e. The maximum absolute atomic E-state index is 14.0. The molecule has 0 amide bonds. The minimum Gasteiger partial charge on any atom is -0.313 e. The van der Waals surface area contributed by atoms with Crippen molar-refractivity contribution >= 4 is 17.8 Å². The van der Waals surface area contributed by atoms with Crippen molar-refractivity contribution < 1.29 is 4.57 Å². The first-order chi connectivity index (χ1) is 10.2. The van der Waals surface area contributed by atoms with Gasteiger partial charge < -0.3 is 4.57 Å². The average molecular weight is 292 g/mol. The molecule has 0 aromatic heterocycles. The lowest BCUT2D eigenvalue weighted by atomic mass is 10.1. The fraction of sp³-hybridized carbons (Fsp3) is 0.0526. The molecule has 0 saturated heterocycles. The molecular weight excluding hydrogens is 275 g/mol. The lowest BCUT2D eigenvalue weighted by Gasteiger charge is -2.28. The first kappa shape index (κ1) is 13.9. The van der Waals surface area contributed by atoms with E-state index < -0.39 is 7.14 Å². The van der Waals surface area contributed by atoms with E-state index in [1.165, 1.54) is 0 Å². The number of rotatable bonds is 3. The zero-order valence-corrected chi connectivity index (χ0v) is 12.6. The Morgan fingerprint density at radius 1 is 0.810 bits per heavy atom. The summed E-state index contributed by atoms with van der Waals surface area (Å²) in [7, 11) is -2.79. The largest absolute Gasteiger partial charge is 0.313 e. The molecule has 0 N–H and O–H groups in total. The van der Waals surface area contributed by atoms with E-state index in [-0.39, 0.29) is 5.66 Å². The first-order valence-electron chi connectivity index (χ1n) is 6.97. The van der Waals surface area contributed by atoms with E-state index in [0.29, 0.717) is 0 Å². The summed E-state index contributed by atoms with van der Waals surface area (Å²) < 4.78 is 14.0. The summed E-state index contributed by atoms with van der Waals surface area (Å²) in [4.78, 5) is 0. The molecular formula is C19H17OP. The minimum atomic E-state index is -2.79. The van der Waals surface area contributed by atoms with Gasteiger partial charge in [-0.2, -0.15) is 0 Å². The van der Waals surface area contributed by atoms with Gasteiger partial charge in [-0.15, -0.1) is 0 Å². The van der Waals surface area contributed by atoms with Crippen molar-refractivity contribution in [2.24, 2.45) is 0 Å². The van der Waals surface area contributed by atoms with Gasteiger partial charge in [0.1, 0.15) is 0 Å². The molecule has 1 aliphatic rings. The molecule has 104 valence electrons. The highest BCUT2D eigenvalue weighted by Gasteiger charge is 2.36. The van der Waals surface area contributed by atoms with E-state index >= 15 is 0 Å². The summed E-state index contributed by atoms with van der Waals surface area (Å²) >= 11 is 0. The van der Waals surface area contributed by atoms with Gasteiger partial charge in [0, 0.05) is 10.6 Å². The lowest BCUT2D eigenvalue weighted by Crippen LogP contribution is -2.26. The molecule has 0 spiro atoms.